The minimum absolute atomic E-state index is 0.474. The van der Waals surface area contributed by atoms with Gasteiger partial charge in [-0.25, -0.2) is 0 Å². The topological polar surface area (TPSA) is 36.7 Å². The van der Waals surface area contributed by atoms with E-state index in [1.807, 2.05) is 12.1 Å². The lowest BCUT2D eigenvalue weighted by molar-refractivity contribution is 1.27. The summed E-state index contributed by atoms with van der Waals surface area (Å²) in [6.07, 6.45) is 5.15. The van der Waals surface area contributed by atoms with Crippen molar-refractivity contribution >= 4 is 17.7 Å². The molecule has 0 radical (unpaired) electrons. The molecule has 0 amide bonds. The molecule has 1 aromatic heterocycles. The van der Waals surface area contributed by atoms with Crippen LogP contribution in [0.4, 0.5) is 0 Å². The first kappa shape index (κ1) is 8.76. The number of hydrogen-bond donors (Lipinski definition) is 0. The van der Waals surface area contributed by atoms with Crippen LogP contribution in [0, 0.1) is 11.3 Å². The van der Waals surface area contributed by atoms with E-state index in [2.05, 4.69) is 4.98 Å². The molecule has 1 heterocycles. The van der Waals surface area contributed by atoms with E-state index >= 15 is 0 Å². The Kier molecular flexibility index (Phi) is 3.31. The van der Waals surface area contributed by atoms with Crippen molar-refractivity contribution in [3.05, 3.63) is 35.7 Å². The molecule has 0 N–H and O–H groups in total. The van der Waals surface area contributed by atoms with Crippen LogP contribution in [0.25, 0.3) is 6.08 Å². The Morgan fingerprint density at radius 3 is 2.92 bits per heavy atom. The zero-order chi connectivity index (χ0) is 8.81. The van der Waals surface area contributed by atoms with E-state index < -0.39 is 0 Å². The second-order valence-corrected chi connectivity index (χ2v) is 2.45. The van der Waals surface area contributed by atoms with Gasteiger partial charge in [-0.1, -0.05) is 6.08 Å². The van der Waals surface area contributed by atoms with Gasteiger partial charge in [0.15, 0.2) is 0 Å². The van der Waals surface area contributed by atoms with E-state index in [9.17, 15) is 0 Å². The summed E-state index contributed by atoms with van der Waals surface area (Å²) in [5.74, 6) is 0.474. The van der Waals surface area contributed by atoms with Crippen LogP contribution in [0.5, 0.6) is 0 Å². The number of pyridine rings is 1. The monoisotopic (exact) mass is 178 g/mol. The molecule has 0 fully saturated rings. The summed E-state index contributed by atoms with van der Waals surface area (Å²) in [7, 11) is 0. The van der Waals surface area contributed by atoms with Crippen molar-refractivity contribution in [2.75, 3.05) is 5.88 Å². The van der Waals surface area contributed by atoms with Gasteiger partial charge >= 0.3 is 0 Å². The van der Waals surface area contributed by atoms with Crippen molar-refractivity contribution in [2.45, 2.75) is 0 Å². The molecule has 1 rings (SSSR count). The Hall–Kier alpha value is -1.33. The summed E-state index contributed by atoms with van der Waals surface area (Å²) in [6, 6.07) is 5.50. The molecule has 0 unspecified atom stereocenters. The molecule has 0 aliphatic heterocycles. The van der Waals surface area contributed by atoms with Crippen LogP contribution in [0.2, 0.25) is 0 Å². The Balaban J connectivity index is 2.80. The van der Waals surface area contributed by atoms with E-state index in [1.54, 1.807) is 18.2 Å². The van der Waals surface area contributed by atoms with Crippen LogP contribution in [-0.4, -0.2) is 10.9 Å². The summed E-state index contributed by atoms with van der Waals surface area (Å²) in [4.78, 5) is 4.02. The summed E-state index contributed by atoms with van der Waals surface area (Å²) in [5.41, 5.74) is 1.38. The lowest BCUT2D eigenvalue weighted by atomic mass is 10.2. The molecule has 2 nitrogen and oxygen atoms in total. The lowest BCUT2D eigenvalue weighted by Crippen LogP contribution is -1.81. The Bertz CT molecular complexity index is 308. The minimum Gasteiger partial charge on any atom is -0.256 e. The maximum absolute atomic E-state index is 8.48. The molecule has 0 spiro atoms. The van der Waals surface area contributed by atoms with Crippen LogP contribution in [-0.2, 0) is 0 Å². The third-order valence-electron chi connectivity index (χ3n) is 1.29. The molecule has 0 saturated heterocycles. The highest BCUT2D eigenvalue weighted by molar-refractivity contribution is 6.19. The van der Waals surface area contributed by atoms with Crippen molar-refractivity contribution in [3.63, 3.8) is 0 Å². The highest BCUT2D eigenvalue weighted by Gasteiger charge is 1.89. The number of nitriles is 1. The normalized spacial score (nSPS) is 10.0. The maximum Gasteiger partial charge on any atom is 0.101 e. The van der Waals surface area contributed by atoms with Crippen LogP contribution in [0.1, 0.15) is 11.3 Å². The summed E-state index contributed by atoms with van der Waals surface area (Å²) < 4.78 is 0. The summed E-state index contributed by atoms with van der Waals surface area (Å²) >= 11 is 5.44. The fourth-order valence-electron chi connectivity index (χ4n) is 0.735. The third-order valence-corrected chi connectivity index (χ3v) is 1.47. The largest absolute Gasteiger partial charge is 0.256 e. The van der Waals surface area contributed by atoms with Gasteiger partial charge in [-0.2, -0.15) is 5.26 Å². The molecule has 0 aliphatic carbocycles. The van der Waals surface area contributed by atoms with E-state index in [-0.39, 0.29) is 0 Å². The standard InChI is InChI=1S/C9H7ClN2/c10-5-1-2-9-4-3-8(6-11)7-12-9/h1-4,7H,5H2. The summed E-state index contributed by atoms with van der Waals surface area (Å²) in [5, 5.41) is 8.48. The van der Waals surface area contributed by atoms with Gasteiger partial charge in [-0.15, -0.1) is 11.6 Å². The SMILES string of the molecule is N#Cc1ccc(C=CCCl)nc1. The molecule has 1 aromatic rings. The smallest absolute Gasteiger partial charge is 0.101 e. The highest BCUT2D eigenvalue weighted by atomic mass is 35.5. The molecule has 0 saturated carbocycles. The van der Waals surface area contributed by atoms with Gasteiger partial charge in [0.2, 0.25) is 0 Å². The molecule has 12 heavy (non-hydrogen) atoms. The van der Waals surface area contributed by atoms with Crippen molar-refractivity contribution in [2.24, 2.45) is 0 Å². The second kappa shape index (κ2) is 4.53. The molecule has 60 valence electrons. The first-order valence-electron chi connectivity index (χ1n) is 3.45. The molecule has 0 atom stereocenters. The fraction of sp³-hybridized carbons (Fsp3) is 0.111. The molecular weight excluding hydrogens is 172 g/mol. The van der Waals surface area contributed by atoms with Crippen LogP contribution >= 0.6 is 11.6 Å². The second-order valence-electron chi connectivity index (χ2n) is 2.14. The van der Waals surface area contributed by atoms with Gasteiger partial charge in [0.1, 0.15) is 6.07 Å². The first-order chi connectivity index (χ1) is 5.86. The van der Waals surface area contributed by atoms with Crippen LogP contribution in [0.15, 0.2) is 24.4 Å². The maximum atomic E-state index is 8.48. The van der Waals surface area contributed by atoms with E-state index in [1.165, 1.54) is 6.20 Å². The van der Waals surface area contributed by atoms with E-state index in [0.29, 0.717) is 11.4 Å². The molecule has 0 bridgehead atoms. The van der Waals surface area contributed by atoms with Gasteiger partial charge in [0.05, 0.1) is 11.3 Å². The predicted octanol–water partition coefficient (Wildman–Crippen LogP) is 2.21. The number of hydrogen-bond acceptors (Lipinski definition) is 2. The number of rotatable bonds is 2. The minimum atomic E-state index is 0.474. The van der Waals surface area contributed by atoms with Gasteiger partial charge in [-0.3, -0.25) is 4.98 Å². The van der Waals surface area contributed by atoms with Crippen molar-refractivity contribution < 1.29 is 0 Å². The van der Waals surface area contributed by atoms with Crippen LogP contribution in [0.3, 0.4) is 0 Å². The number of alkyl halides is 1. The van der Waals surface area contributed by atoms with E-state index in [0.717, 1.165) is 5.69 Å². The lowest BCUT2D eigenvalue weighted by Gasteiger charge is -1.90. The Morgan fingerprint density at radius 1 is 1.58 bits per heavy atom. The molecule has 0 aromatic carbocycles. The van der Waals surface area contributed by atoms with Crippen molar-refractivity contribution in [3.8, 4) is 6.07 Å². The Morgan fingerprint density at radius 2 is 2.42 bits per heavy atom. The van der Waals surface area contributed by atoms with Gasteiger partial charge in [0.25, 0.3) is 0 Å². The number of allylic oxidation sites excluding steroid dienone is 1. The van der Waals surface area contributed by atoms with Crippen molar-refractivity contribution in [1.29, 1.82) is 5.26 Å². The fourth-order valence-corrected chi connectivity index (χ4v) is 0.824. The number of aromatic nitrogens is 1. The van der Waals surface area contributed by atoms with Crippen molar-refractivity contribution in [1.82, 2.24) is 4.98 Å². The summed E-state index contributed by atoms with van der Waals surface area (Å²) in [6.45, 7) is 0. The average molecular weight is 179 g/mol. The zero-order valence-electron chi connectivity index (χ0n) is 6.37. The van der Waals surface area contributed by atoms with Gasteiger partial charge < -0.3 is 0 Å². The number of nitrogens with zero attached hydrogens (tertiary/aromatic N) is 2. The van der Waals surface area contributed by atoms with Gasteiger partial charge in [-0.05, 0) is 18.2 Å². The average Bonchev–Trinajstić information content (AvgIpc) is 2.15. The zero-order valence-corrected chi connectivity index (χ0v) is 7.12. The predicted molar refractivity (Wildman–Crippen MR) is 48.7 cm³/mol. The molecule has 3 heteroatoms. The quantitative estimate of drug-likeness (QED) is 0.651. The third kappa shape index (κ3) is 2.37. The molecule has 0 aliphatic rings. The highest BCUT2D eigenvalue weighted by Crippen LogP contribution is 2.00. The van der Waals surface area contributed by atoms with Crippen LogP contribution < -0.4 is 0 Å². The molecular formula is C9H7ClN2. The van der Waals surface area contributed by atoms with Gasteiger partial charge in [0, 0.05) is 12.1 Å². The Labute approximate surface area is 76.1 Å². The number of halogens is 1. The van der Waals surface area contributed by atoms with E-state index in [4.69, 9.17) is 16.9 Å². The first-order valence-corrected chi connectivity index (χ1v) is 3.99.